The first-order valence-electron chi connectivity index (χ1n) is 9.21. The van der Waals surface area contributed by atoms with Gasteiger partial charge in [0.25, 0.3) is 0 Å². The highest BCUT2D eigenvalue weighted by Gasteiger charge is 2.26. The van der Waals surface area contributed by atoms with Gasteiger partial charge in [-0.05, 0) is 43.7 Å². The van der Waals surface area contributed by atoms with E-state index in [-0.39, 0.29) is 12.2 Å². The van der Waals surface area contributed by atoms with E-state index in [0.29, 0.717) is 26.1 Å². The molecule has 5 heteroatoms. The molecule has 2 aromatic carbocycles. The molecule has 0 radical (unpaired) electrons. The van der Waals surface area contributed by atoms with Crippen LogP contribution in [0.15, 0.2) is 66.6 Å². The molecular formula is C22H25NO4. The summed E-state index contributed by atoms with van der Waals surface area (Å²) >= 11 is 0. The number of carbonyl (C=O) groups is 1. The second-order valence-electron chi connectivity index (χ2n) is 6.33. The van der Waals surface area contributed by atoms with Gasteiger partial charge in [0.05, 0.1) is 13.0 Å². The zero-order valence-corrected chi connectivity index (χ0v) is 15.8. The summed E-state index contributed by atoms with van der Waals surface area (Å²) in [7, 11) is 0. The normalized spacial score (nSPS) is 15.9. The molecule has 1 heterocycles. The fourth-order valence-electron chi connectivity index (χ4n) is 2.95. The number of nitrogens with zero attached hydrogens (tertiary/aromatic N) is 1. The molecule has 0 aromatic heterocycles. The van der Waals surface area contributed by atoms with Crippen LogP contribution in [0.3, 0.4) is 0 Å². The van der Waals surface area contributed by atoms with Gasteiger partial charge in [-0.25, -0.2) is 0 Å². The first-order chi connectivity index (χ1) is 13.2. The molecule has 3 rings (SSSR count). The number of rotatable bonds is 8. The number of allylic oxidation sites excluding steroid dienone is 1. The van der Waals surface area contributed by atoms with Crippen molar-refractivity contribution in [3.8, 4) is 5.75 Å². The minimum absolute atomic E-state index is 0.199. The third-order valence-electron chi connectivity index (χ3n) is 4.24. The Morgan fingerprint density at radius 2 is 1.85 bits per heavy atom. The van der Waals surface area contributed by atoms with Crippen molar-refractivity contribution in [2.75, 3.05) is 11.5 Å². The van der Waals surface area contributed by atoms with Crippen LogP contribution in [-0.4, -0.2) is 18.8 Å². The highest BCUT2D eigenvalue weighted by Crippen LogP contribution is 2.30. The van der Waals surface area contributed by atoms with Gasteiger partial charge >= 0.3 is 5.97 Å². The van der Waals surface area contributed by atoms with Gasteiger partial charge in [0.2, 0.25) is 0 Å². The molecule has 1 aliphatic rings. The zero-order chi connectivity index (χ0) is 19.1. The number of hydrogen-bond acceptors (Lipinski definition) is 5. The Labute approximate surface area is 160 Å². The van der Waals surface area contributed by atoms with E-state index in [2.05, 4.69) is 0 Å². The average Bonchev–Trinajstić information content (AvgIpc) is 3.07. The Balaban J connectivity index is 1.59. The van der Waals surface area contributed by atoms with E-state index in [9.17, 15) is 4.79 Å². The third kappa shape index (κ3) is 5.26. The molecule has 0 bridgehead atoms. The number of benzene rings is 2. The first-order valence-corrected chi connectivity index (χ1v) is 9.21. The Kier molecular flexibility index (Phi) is 6.36. The van der Waals surface area contributed by atoms with Crippen LogP contribution in [0.4, 0.5) is 5.69 Å². The maximum Gasteiger partial charge on any atom is 0.305 e. The van der Waals surface area contributed by atoms with Crippen LogP contribution < -0.4 is 9.64 Å². The topological polar surface area (TPSA) is 48.0 Å². The van der Waals surface area contributed by atoms with Crippen molar-refractivity contribution < 1.29 is 19.0 Å². The van der Waals surface area contributed by atoms with E-state index in [1.165, 1.54) is 0 Å². The van der Waals surface area contributed by atoms with E-state index in [0.717, 1.165) is 22.8 Å². The second kappa shape index (κ2) is 9.12. The maximum absolute atomic E-state index is 11.6. The smallest absolute Gasteiger partial charge is 0.305 e. The third-order valence-corrected chi connectivity index (χ3v) is 4.24. The molecule has 0 spiro atoms. The number of ether oxygens (including phenoxy) is 3. The standard InChI is InChI=1S/C22H25NO4/c1-3-25-22(24)14-13-21-23(15-17(2)27-21)19-9-11-20(12-10-19)26-16-18-7-5-4-6-8-18/h4-12,15,21H,3,13-14,16H2,1-2H3. The molecule has 27 heavy (non-hydrogen) atoms. The molecule has 1 unspecified atom stereocenters. The fourth-order valence-corrected chi connectivity index (χ4v) is 2.95. The van der Waals surface area contributed by atoms with E-state index in [1.807, 2.05) is 79.5 Å². The Hall–Kier alpha value is -2.95. The van der Waals surface area contributed by atoms with Crippen LogP contribution in [0.25, 0.3) is 0 Å². The van der Waals surface area contributed by atoms with Crippen molar-refractivity contribution in [3.05, 3.63) is 72.1 Å². The van der Waals surface area contributed by atoms with Crippen LogP contribution in [-0.2, 0) is 20.9 Å². The van der Waals surface area contributed by atoms with Gasteiger partial charge in [0.1, 0.15) is 18.1 Å². The van der Waals surface area contributed by atoms with Crippen molar-refractivity contribution in [2.24, 2.45) is 0 Å². The number of hydrogen-bond donors (Lipinski definition) is 0. The summed E-state index contributed by atoms with van der Waals surface area (Å²) in [6.45, 7) is 4.65. The lowest BCUT2D eigenvalue weighted by Gasteiger charge is -2.24. The molecule has 0 fully saturated rings. The van der Waals surface area contributed by atoms with Crippen molar-refractivity contribution in [2.45, 2.75) is 39.5 Å². The number of anilines is 1. The quantitative estimate of drug-likeness (QED) is 0.637. The van der Waals surface area contributed by atoms with E-state index < -0.39 is 0 Å². The lowest BCUT2D eigenvalue weighted by atomic mass is 10.2. The van der Waals surface area contributed by atoms with Crippen LogP contribution in [0, 0.1) is 0 Å². The molecular weight excluding hydrogens is 342 g/mol. The van der Waals surface area contributed by atoms with Gasteiger partial charge in [-0.15, -0.1) is 0 Å². The number of esters is 1. The Morgan fingerprint density at radius 1 is 1.11 bits per heavy atom. The second-order valence-corrected chi connectivity index (χ2v) is 6.33. The van der Waals surface area contributed by atoms with Crippen molar-refractivity contribution in [3.63, 3.8) is 0 Å². The molecule has 0 N–H and O–H groups in total. The molecule has 0 saturated carbocycles. The minimum Gasteiger partial charge on any atom is -0.489 e. The predicted molar refractivity (Wildman–Crippen MR) is 104 cm³/mol. The van der Waals surface area contributed by atoms with E-state index in [4.69, 9.17) is 14.2 Å². The summed E-state index contributed by atoms with van der Waals surface area (Å²) in [6, 6.07) is 18.0. The van der Waals surface area contributed by atoms with Crippen LogP contribution >= 0.6 is 0 Å². The first kappa shape index (κ1) is 18.8. The Morgan fingerprint density at radius 3 is 2.56 bits per heavy atom. The molecule has 0 saturated heterocycles. The zero-order valence-electron chi connectivity index (χ0n) is 15.8. The molecule has 0 aliphatic carbocycles. The largest absolute Gasteiger partial charge is 0.489 e. The SMILES string of the molecule is CCOC(=O)CCC1OC(C)=CN1c1ccc(OCc2ccccc2)cc1. The summed E-state index contributed by atoms with van der Waals surface area (Å²) < 4.78 is 16.7. The van der Waals surface area contributed by atoms with Crippen molar-refractivity contribution in [1.82, 2.24) is 0 Å². The lowest BCUT2D eigenvalue weighted by Crippen LogP contribution is -2.28. The van der Waals surface area contributed by atoms with E-state index in [1.54, 1.807) is 0 Å². The summed E-state index contributed by atoms with van der Waals surface area (Å²) in [5, 5.41) is 0. The van der Waals surface area contributed by atoms with Gasteiger partial charge < -0.3 is 19.1 Å². The molecule has 0 amide bonds. The highest BCUT2D eigenvalue weighted by molar-refractivity contribution is 5.69. The summed E-state index contributed by atoms with van der Waals surface area (Å²) in [5.74, 6) is 1.44. The van der Waals surface area contributed by atoms with Gasteiger partial charge in [0.15, 0.2) is 6.23 Å². The average molecular weight is 367 g/mol. The van der Waals surface area contributed by atoms with E-state index >= 15 is 0 Å². The maximum atomic E-state index is 11.6. The monoisotopic (exact) mass is 367 g/mol. The highest BCUT2D eigenvalue weighted by atomic mass is 16.5. The molecule has 2 aromatic rings. The van der Waals surface area contributed by atoms with Gasteiger partial charge in [-0.1, -0.05) is 30.3 Å². The molecule has 1 atom stereocenters. The Bertz CT molecular complexity index is 771. The summed E-state index contributed by atoms with van der Waals surface area (Å²) in [5.41, 5.74) is 2.12. The van der Waals surface area contributed by atoms with Gasteiger partial charge in [-0.2, -0.15) is 0 Å². The van der Waals surface area contributed by atoms with Crippen molar-refractivity contribution >= 4 is 11.7 Å². The number of carbonyl (C=O) groups excluding carboxylic acids is 1. The van der Waals surface area contributed by atoms with Crippen LogP contribution in [0.2, 0.25) is 0 Å². The summed E-state index contributed by atoms with van der Waals surface area (Å²) in [4.78, 5) is 13.7. The molecule has 142 valence electrons. The summed E-state index contributed by atoms with van der Waals surface area (Å²) in [6.07, 6.45) is 2.65. The minimum atomic E-state index is -0.203. The predicted octanol–water partition coefficient (Wildman–Crippen LogP) is 4.63. The van der Waals surface area contributed by atoms with Crippen LogP contribution in [0.1, 0.15) is 32.3 Å². The fraction of sp³-hybridized carbons (Fsp3) is 0.318. The molecule has 5 nitrogen and oxygen atoms in total. The molecule has 1 aliphatic heterocycles. The van der Waals surface area contributed by atoms with Crippen LogP contribution in [0.5, 0.6) is 5.75 Å². The van der Waals surface area contributed by atoms with Crippen molar-refractivity contribution in [1.29, 1.82) is 0 Å². The van der Waals surface area contributed by atoms with Gasteiger partial charge in [0, 0.05) is 18.3 Å². The lowest BCUT2D eigenvalue weighted by molar-refractivity contribution is -0.143. The van der Waals surface area contributed by atoms with Gasteiger partial charge in [-0.3, -0.25) is 4.79 Å².